The standard InChI is InChI=1S/C14H8ClF5O/c15-11-6-3-9(7-12(11)21-13(16)17)8-1-4-10(5-2-8)14(18,19)20/h1-7,13H. The van der Waals surface area contributed by atoms with Gasteiger partial charge < -0.3 is 4.74 Å². The number of alkyl halides is 5. The first-order chi connectivity index (χ1) is 9.77. The minimum Gasteiger partial charge on any atom is -0.433 e. The summed E-state index contributed by atoms with van der Waals surface area (Å²) in [6.45, 7) is -3.04. The summed E-state index contributed by atoms with van der Waals surface area (Å²) in [5, 5.41) is -0.00837. The van der Waals surface area contributed by atoms with Crippen LogP contribution in [0.4, 0.5) is 22.0 Å². The van der Waals surface area contributed by atoms with Crippen LogP contribution in [0.25, 0.3) is 11.1 Å². The fraction of sp³-hybridized carbons (Fsp3) is 0.143. The highest BCUT2D eigenvalue weighted by molar-refractivity contribution is 6.32. The Labute approximate surface area is 121 Å². The summed E-state index contributed by atoms with van der Waals surface area (Å²) in [6.07, 6.45) is -4.43. The second kappa shape index (κ2) is 5.89. The van der Waals surface area contributed by atoms with Crippen molar-refractivity contribution in [3.05, 3.63) is 53.1 Å². The van der Waals surface area contributed by atoms with Crippen molar-refractivity contribution in [2.45, 2.75) is 12.8 Å². The van der Waals surface area contributed by atoms with Crippen molar-refractivity contribution in [2.75, 3.05) is 0 Å². The molecular weight excluding hydrogens is 315 g/mol. The number of ether oxygens (including phenoxy) is 1. The van der Waals surface area contributed by atoms with Gasteiger partial charge >= 0.3 is 12.8 Å². The third-order valence-electron chi connectivity index (χ3n) is 2.69. The van der Waals surface area contributed by atoms with Crippen molar-refractivity contribution < 1.29 is 26.7 Å². The van der Waals surface area contributed by atoms with E-state index < -0.39 is 18.4 Å². The molecule has 0 saturated heterocycles. The van der Waals surface area contributed by atoms with Crippen LogP contribution in [0.5, 0.6) is 5.75 Å². The van der Waals surface area contributed by atoms with Crippen LogP contribution >= 0.6 is 11.6 Å². The maximum absolute atomic E-state index is 12.5. The van der Waals surface area contributed by atoms with Gasteiger partial charge in [0.15, 0.2) is 0 Å². The molecule has 1 nitrogen and oxygen atoms in total. The first-order valence-electron chi connectivity index (χ1n) is 5.69. The van der Waals surface area contributed by atoms with Crippen molar-refractivity contribution in [1.29, 1.82) is 0 Å². The number of hydrogen-bond donors (Lipinski definition) is 0. The second-order valence-corrected chi connectivity index (χ2v) is 4.51. The van der Waals surface area contributed by atoms with Crippen LogP contribution in [0.2, 0.25) is 5.02 Å². The van der Waals surface area contributed by atoms with E-state index in [1.54, 1.807) is 0 Å². The lowest BCUT2D eigenvalue weighted by atomic mass is 10.0. The number of halogens is 6. The van der Waals surface area contributed by atoms with Gasteiger partial charge in [-0.15, -0.1) is 0 Å². The molecular formula is C14H8ClF5O. The zero-order chi connectivity index (χ0) is 15.6. The van der Waals surface area contributed by atoms with Gasteiger partial charge in [0.25, 0.3) is 0 Å². The van der Waals surface area contributed by atoms with Crippen LogP contribution in [0, 0.1) is 0 Å². The molecule has 0 amide bonds. The zero-order valence-corrected chi connectivity index (χ0v) is 11.1. The highest BCUT2D eigenvalue weighted by Gasteiger charge is 2.29. The van der Waals surface area contributed by atoms with E-state index in [0.717, 1.165) is 12.1 Å². The fourth-order valence-electron chi connectivity index (χ4n) is 1.72. The topological polar surface area (TPSA) is 9.23 Å². The molecule has 112 valence electrons. The first-order valence-corrected chi connectivity index (χ1v) is 6.07. The average Bonchev–Trinajstić information content (AvgIpc) is 2.40. The molecule has 7 heteroatoms. The maximum atomic E-state index is 12.5. The summed E-state index contributed by atoms with van der Waals surface area (Å²) in [4.78, 5) is 0. The molecule has 0 unspecified atom stereocenters. The molecule has 0 N–H and O–H groups in total. The van der Waals surface area contributed by atoms with Gasteiger partial charge in [-0.1, -0.05) is 29.8 Å². The van der Waals surface area contributed by atoms with Crippen molar-refractivity contribution in [3.63, 3.8) is 0 Å². The molecule has 0 aliphatic carbocycles. The normalized spacial score (nSPS) is 11.8. The predicted molar refractivity (Wildman–Crippen MR) is 68.5 cm³/mol. The lowest BCUT2D eigenvalue weighted by Crippen LogP contribution is -2.04. The Kier molecular flexibility index (Phi) is 4.37. The lowest BCUT2D eigenvalue weighted by molar-refractivity contribution is -0.137. The molecule has 0 atom stereocenters. The minimum atomic E-state index is -4.43. The Morgan fingerprint density at radius 1 is 0.905 bits per heavy atom. The molecule has 2 aromatic carbocycles. The molecule has 2 rings (SSSR count). The number of hydrogen-bond acceptors (Lipinski definition) is 1. The number of rotatable bonds is 3. The largest absolute Gasteiger partial charge is 0.433 e. The molecule has 0 fully saturated rings. The Hall–Kier alpha value is -1.82. The summed E-state index contributed by atoms with van der Waals surface area (Å²) < 4.78 is 66.1. The zero-order valence-electron chi connectivity index (χ0n) is 10.3. The summed E-state index contributed by atoms with van der Waals surface area (Å²) in [7, 11) is 0. The average molecular weight is 323 g/mol. The van der Waals surface area contributed by atoms with Crippen LogP contribution < -0.4 is 4.74 Å². The summed E-state index contributed by atoms with van der Waals surface area (Å²) >= 11 is 5.71. The van der Waals surface area contributed by atoms with E-state index in [1.165, 1.54) is 30.3 Å². The van der Waals surface area contributed by atoms with E-state index in [4.69, 9.17) is 11.6 Å². The highest BCUT2D eigenvalue weighted by Crippen LogP contribution is 2.34. The van der Waals surface area contributed by atoms with E-state index in [0.29, 0.717) is 11.1 Å². The van der Waals surface area contributed by atoms with Crippen LogP contribution in [-0.4, -0.2) is 6.61 Å². The predicted octanol–water partition coefficient (Wildman–Crippen LogP) is 5.63. The third-order valence-corrected chi connectivity index (χ3v) is 3.01. The first kappa shape index (κ1) is 15.6. The molecule has 0 heterocycles. The van der Waals surface area contributed by atoms with Gasteiger partial charge in [-0.2, -0.15) is 22.0 Å². The molecule has 0 spiro atoms. The van der Waals surface area contributed by atoms with E-state index in [-0.39, 0.29) is 10.8 Å². The van der Waals surface area contributed by atoms with E-state index in [9.17, 15) is 22.0 Å². The second-order valence-electron chi connectivity index (χ2n) is 4.10. The van der Waals surface area contributed by atoms with Gasteiger partial charge in [0.2, 0.25) is 0 Å². The monoisotopic (exact) mass is 322 g/mol. The summed E-state index contributed by atoms with van der Waals surface area (Å²) in [5.41, 5.74) is 0.0619. The van der Waals surface area contributed by atoms with Gasteiger partial charge in [0.05, 0.1) is 10.6 Å². The van der Waals surface area contributed by atoms with Crippen molar-refractivity contribution in [3.8, 4) is 16.9 Å². The quantitative estimate of drug-likeness (QED) is 0.666. The van der Waals surface area contributed by atoms with Crippen molar-refractivity contribution >= 4 is 11.6 Å². The van der Waals surface area contributed by atoms with Gasteiger partial charge in [0.1, 0.15) is 5.75 Å². The van der Waals surface area contributed by atoms with Crippen LogP contribution in [-0.2, 0) is 6.18 Å². The lowest BCUT2D eigenvalue weighted by Gasteiger charge is -2.10. The van der Waals surface area contributed by atoms with Crippen LogP contribution in [0.15, 0.2) is 42.5 Å². The molecule has 2 aromatic rings. The Balaban J connectivity index is 2.34. The summed E-state index contributed by atoms with van der Waals surface area (Å²) in [5.74, 6) is -0.232. The third kappa shape index (κ3) is 3.85. The maximum Gasteiger partial charge on any atom is 0.416 e. The van der Waals surface area contributed by atoms with Crippen LogP contribution in [0.3, 0.4) is 0 Å². The van der Waals surface area contributed by atoms with Gasteiger partial charge in [0, 0.05) is 0 Å². The molecule has 0 bridgehead atoms. The van der Waals surface area contributed by atoms with Crippen molar-refractivity contribution in [1.82, 2.24) is 0 Å². The van der Waals surface area contributed by atoms with Gasteiger partial charge in [-0.3, -0.25) is 0 Å². The Bertz CT molecular complexity index is 622. The Morgan fingerprint density at radius 3 is 2.00 bits per heavy atom. The van der Waals surface area contributed by atoms with Crippen LogP contribution in [0.1, 0.15) is 5.56 Å². The molecule has 21 heavy (non-hydrogen) atoms. The summed E-state index contributed by atoms with van der Waals surface area (Å²) in [6, 6.07) is 8.41. The molecule has 0 aliphatic heterocycles. The molecule has 0 aromatic heterocycles. The number of benzene rings is 2. The molecule has 0 radical (unpaired) electrons. The smallest absolute Gasteiger partial charge is 0.416 e. The Morgan fingerprint density at radius 2 is 1.48 bits per heavy atom. The molecule has 0 saturated carbocycles. The van der Waals surface area contributed by atoms with Crippen molar-refractivity contribution in [2.24, 2.45) is 0 Å². The van der Waals surface area contributed by atoms with Gasteiger partial charge in [-0.05, 0) is 35.4 Å². The fourth-order valence-corrected chi connectivity index (χ4v) is 1.88. The minimum absolute atomic E-state index is 0.00837. The molecule has 0 aliphatic rings. The van der Waals surface area contributed by atoms with E-state index in [2.05, 4.69) is 4.74 Å². The highest BCUT2D eigenvalue weighted by atomic mass is 35.5. The van der Waals surface area contributed by atoms with E-state index >= 15 is 0 Å². The van der Waals surface area contributed by atoms with Gasteiger partial charge in [-0.25, -0.2) is 0 Å². The SMILES string of the molecule is FC(F)Oc1cc(-c2ccc(C(F)(F)F)cc2)ccc1Cl. The van der Waals surface area contributed by atoms with E-state index in [1.807, 2.05) is 0 Å².